The number of carbonyl (C=O) groups excluding carboxylic acids is 1. The van der Waals surface area contributed by atoms with E-state index < -0.39 is 5.41 Å². The maximum atomic E-state index is 12.1. The zero-order valence-electron chi connectivity index (χ0n) is 11.7. The Bertz CT molecular complexity index is 491. The maximum Gasteiger partial charge on any atom is 0.316 e. The largest absolute Gasteiger partial charge is 0.496 e. The molecule has 1 aromatic carbocycles. The van der Waals surface area contributed by atoms with Crippen molar-refractivity contribution in [1.29, 1.82) is 0 Å². The fraction of sp³-hybridized carbons (Fsp3) is 0.533. The summed E-state index contributed by atoms with van der Waals surface area (Å²) in [7, 11) is 3.11. The smallest absolute Gasteiger partial charge is 0.316 e. The predicted octanol–water partition coefficient (Wildman–Crippen LogP) is 2.84. The second kappa shape index (κ2) is 4.01. The molecule has 1 saturated carbocycles. The van der Waals surface area contributed by atoms with Gasteiger partial charge in [0, 0.05) is 0 Å². The highest BCUT2D eigenvalue weighted by Gasteiger charge is 2.68. The molecule has 0 heterocycles. The average molecular weight is 248 g/mol. The van der Waals surface area contributed by atoms with Crippen LogP contribution in [-0.2, 0) is 14.9 Å². The minimum Gasteiger partial charge on any atom is -0.496 e. The molecule has 1 aliphatic rings. The van der Waals surface area contributed by atoms with E-state index in [1.54, 1.807) is 7.11 Å². The first-order valence-corrected chi connectivity index (χ1v) is 6.12. The molecule has 0 aromatic heterocycles. The lowest BCUT2D eigenvalue weighted by Gasteiger charge is -2.19. The third-order valence-corrected chi connectivity index (χ3v) is 4.16. The van der Waals surface area contributed by atoms with Crippen molar-refractivity contribution in [3.8, 4) is 5.75 Å². The molecule has 0 radical (unpaired) electrons. The van der Waals surface area contributed by atoms with Crippen molar-refractivity contribution in [1.82, 2.24) is 0 Å². The Morgan fingerprint density at radius 2 is 1.89 bits per heavy atom. The Morgan fingerprint density at radius 3 is 2.28 bits per heavy atom. The van der Waals surface area contributed by atoms with Gasteiger partial charge >= 0.3 is 5.97 Å². The number of carbonyl (C=O) groups is 1. The monoisotopic (exact) mass is 248 g/mol. The van der Waals surface area contributed by atoms with Crippen LogP contribution < -0.4 is 4.74 Å². The van der Waals surface area contributed by atoms with Crippen LogP contribution in [0.15, 0.2) is 18.2 Å². The van der Waals surface area contributed by atoms with E-state index in [9.17, 15) is 4.79 Å². The van der Waals surface area contributed by atoms with Crippen LogP contribution in [0.4, 0.5) is 0 Å². The van der Waals surface area contributed by atoms with Crippen molar-refractivity contribution in [3.05, 3.63) is 29.3 Å². The van der Waals surface area contributed by atoms with Crippen LogP contribution in [0.2, 0.25) is 0 Å². The van der Waals surface area contributed by atoms with E-state index in [1.807, 2.05) is 25.1 Å². The number of hydrogen-bond acceptors (Lipinski definition) is 3. The van der Waals surface area contributed by atoms with Gasteiger partial charge in [0.15, 0.2) is 0 Å². The van der Waals surface area contributed by atoms with Gasteiger partial charge in [-0.15, -0.1) is 0 Å². The highest BCUT2D eigenvalue weighted by molar-refractivity contribution is 5.88. The molecule has 0 bridgehead atoms. The lowest BCUT2D eigenvalue weighted by atomic mass is 9.87. The molecular weight excluding hydrogens is 228 g/mol. The molecule has 3 heteroatoms. The number of esters is 1. The van der Waals surface area contributed by atoms with Crippen LogP contribution in [0.1, 0.15) is 31.4 Å². The fourth-order valence-corrected chi connectivity index (χ4v) is 2.90. The van der Waals surface area contributed by atoms with Gasteiger partial charge in [0.1, 0.15) is 5.75 Å². The Labute approximate surface area is 108 Å². The first-order chi connectivity index (χ1) is 8.39. The molecule has 1 atom stereocenters. The quantitative estimate of drug-likeness (QED) is 0.772. The number of hydrogen-bond donors (Lipinski definition) is 0. The number of rotatable bonds is 3. The fourth-order valence-electron chi connectivity index (χ4n) is 2.90. The summed E-state index contributed by atoms with van der Waals surface area (Å²) in [5.74, 6) is 0.703. The van der Waals surface area contributed by atoms with Gasteiger partial charge in [0.2, 0.25) is 0 Å². The Balaban J connectivity index is 2.47. The van der Waals surface area contributed by atoms with E-state index >= 15 is 0 Å². The molecule has 2 rings (SSSR count). The van der Waals surface area contributed by atoms with Gasteiger partial charge in [0.05, 0.1) is 19.6 Å². The number of methoxy groups -OCH3 is 2. The first-order valence-electron chi connectivity index (χ1n) is 6.12. The van der Waals surface area contributed by atoms with Crippen LogP contribution in [0, 0.1) is 12.3 Å². The van der Waals surface area contributed by atoms with E-state index in [2.05, 4.69) is 13.8 Å². The van der Waals surface area contributed by atoms with Gasteiger partial charge < -0.3 is 9.47 Å². The summed E-state index contributed by atoms with van der Waals surface area (Å²) >= 11 is 0. The topological polar surface area (TPSA) is 35.5 Å². The van der Waals surface area contributed by atoms with Crippen molar-refractivity contribution in [2.75, 3.05) is 14.2 Å². The highest BCUT2D eigenvalue weighted by atomic mass is 16.5. The molecule has 1 unspecified atom stereocenters. The van der Waals surface area contributed by atoms with Crippen molar-refractivity contribution in [2.24, 2.45) is 5.41 Å². The van der Waals surface area contributed by atoms with E-state index in [4.69, 9.17) is 9.47 Å². The minimum absolute atomic E-state index is 0.0406. The molecule has 0 aliphatic heterocycles. The summed E-state index contributed by atoms with van der Waals surface area (Å²) in [4.78, 5) is 12.1. The zero-order chi connectivity index (χ0) is 13.6. The van der Waals surface area contributed by atoms with E-state index in [-0.39, 0.29) is 11.4 Å². The zero-order valence-corrected chi connectivity index (χ0v) is 11.7. The molecule has 0 amide bonds. The van der Waals surface area contributed by atoms with Gasteiger partial charge in [-0.25, -0.2) is 0 Å². The minimum atomic E-state index is -0.487. The number of benzene rings is 1. The lowest BCUT2D eigenvalue weighted by Crippen LogP contribution is -2.27. The van der Waals surface area contributed by atoms with Gasteiger partial charge in [-0.2, -0.15) is 0 Å². The van der Waals surface area contributed by atoms with Gasteiger partial charge in [-0.1, -0.05) is 26.0 Å². The second-order valence-corrected chi connectivity index (χ2v) is 5.64. The van der Waals surface area contributed by atoms with Crippen LogP contribution in [0.5, 0.6) is 5.75 Å². The Kier molecular flexibility index (Phi) is 2.88. The van der Waals surface area contributed by atoms with Crippen LogP contribution in [0.3, 0.4) is 0 Å². The third-order valence-electron chi connectivity index (χ3n) is 4.16. The molecule has 1 fully saturated rings. The number of aryl methyl sites for hydroxylation is 1. The predicted molar refractivity (Wildman–Crippen MR) is 69.8 cm³/mol. The maximum absolute atomic E-state index is 12.1. The molecule has 1 aromatic rings. The van der Waals surface area contributed by atoms with Crippen molar-refractivity contribution < 1.29 is 14.3 Å². The summed E-state index contributed by atoms with van der Waals surface area (Å²) in [6, 6.07) is 5.92. The van der Waals surface area contributed by atoms with Crippen LogP contribution >= 0.6 is 0 Å². The summed E-state index contributed by atoms with van der Waals surface area (Å²) < 4.78 is 10.2. The molecule has 0 saturated heterocycles. The SMILES string of the molecule is COC(=O)C1(c2ccc(OC)c(C)c2)CC1(C)C. The van der Waals surface area contributed by atoms with Crippen molar-refractivity contribution in [2.45, 2.75) is 32.6 Å². The summed E-state index contributed by atoms with van der Waals surface area (Å²) in [6.07, 6.45) is 0.832. The molecule has 0 spiro atoms. The van der Waals surface area contributed by atoms with Crippen LogP contribution in [0.25, 0.3) is 0 Å². The first kappa shape index (κ1) is 12.9. The third kappa shape index (κ3) is 1.61. The van der Waals surface area contributed by atoms with E-state index in [0.717, 1.165) is 23.3 Å². The van der Waals surface area contributed by atoms with E-state index in [1.165, 1.54) is 7.11 Å². The lowest BCUT2D eigenvalue weighted by molar-refractivity contribution is -0.144. The molecule has 3 nitrogen and oxygen atoms in total. The van der Waals surface area contributed by atoms with Gasteiger partial charge in [0.25, 0.3) is 0 Å². The Hall–Kier alpha value is -1.51. The Morgan fingerprint density at radius 1 is 1.28 bits per heavy atom. The van der Waals surface area contributed by atoms with E-state index in [0.29, 0.717) is 0 Å². The summed E-state index contributed by atoms with van der Waals surface area (Å²) in [5.41, 5.74) is 1.54. The normalized spacial score (nSPS) is 24.5. The summed E-state index contributed by atoms with van der Waals surface area (Å²) in [5, 5.41) is 0. The molecule has 0 N–H and O–H groups in total. The number of ether oxygens (including phenoxy) is 2. The molecule has 1 aliphatic carbocycles. The second-order valence-electron chi connectivity index (χ2n) is 5.64. The van der Waals surface area contributed by atoms with Crippen molar-refractivity contribution in [3.63, 3.8) is 0 Å². The molecule has 18 heavy (non-hydrogen) atoms. The summed E-state index contributed by atoms with van der Waals surface area (Å²) in [6.45, 7) is 6.19. The van der Waals surface area contributed by atoms with Crippen LogP contribution in [-0.4, -0.2) is 20.2 Å². The molecular formula is C15H20O3. The standard InChI is InChI=1S/C15H20O3/c1-10-8-11(6-7-12(10)17-4)15(13(16)18-5)9-14(15,2)3/h6-8H,9H2,1-5H3. The average Bonchev–Trinajstić information content (AvgIpc) is 2.92. The van der Waals surface area contributed by atoms with Gasteiger partial charge in [-0.3, -0.25) is 4.79 Å². The highest BCUT2D eigenvalue weighted by Crippen LogP contribution is 2.65. The van der Waals surface area contributed by atoms with Crippen molar-refractivity contribution >= 4 is 5.97 Å². The molecule has 98 valence electrons. The van der Waals surface area contributed by atoms with Gasteiger partial charge in [-0.05, 0) is 36.0 Å².